The lowest BCUT2D eigenvalue weighted by Gasteiger charge is -2.09. The Morgan fingerprint density at radius 2 is 2.00 bits per heavy atom. The molecule has 1 unspecified atom stereocenters. The third-order valence-electron chi connectivity index (χ3n) is 2.64. The van der Waals surface area contributed by atoms with E-state index < -0.39 is 15.3 Å². The van der Waals surface area contributed by atoms with Crippen molar-refractivity contribution >= 4 is 10.0 Å². The Hall–Kier alpha value is -0.880. The Labute approximate surface area is 90.3 Å². The molecule has 0 spiro atoms. The van der Waals surface area contributed by atoms with Crippen molar-refractivity contribution in [1.82, 2.24) is 9.78 Å². The van der Waals surface area contributed by atoms with E-state index >= 15 is 0 Å². The average Bonchev–Trinajstić information content (AvgIpc) is 2.39. The molecular formula is C9H17N3O2S. The predicted molar refractivity (Wildman–Crippen MR) is 58.9 cm³/mol. The first-order valence-corrected chi connectivity index (χ1v) is 6.45. The van der Waals surface area contributed by atoms with Crippen molar-refractivity contribution in [2.24, 2.45) is 5.14 Å². The van der Waals surface area contributed by atoms with Gasteiger partial charge in [-0.3, -0.25) is 4.68 Å². The van der Waals surface area contributed by atoms with Crippen molar-refractivity contribution in [2.75, 3.05) is 0 Å². The van der Waals surface area contributed by atoms with E-state index in [1.165, 1.54) is 0 Å². The fraction of sp³-hybridized carbons (Fsp3) is 0.667. The van der Waals surface area contributed by atoms with Crippen LogP contribution in [0.4, 0.5) is 0 Å². The maximum absolute atomic E-state index is 11.3. The summed E-state index contributed by atoms with van der Waals surface area (Å²) < 4.78 is 24.3. The van der Waals surface area contributed by atoms with Gasteiger partial charge in [-0.05, 0) is 27.7 Å². The second kappa shape index (κ2) is 3.94. The van der Waals surface area contributed by atoms with E-state index in [9.17, 15) is 8.42 Å². The molecule has 0 radical (unpaired) electrons. The van der Waals surface area contributed by atoms with Gasteiger partial charge < -0.3 is 0 Å². The van der Waals surface area contributed by atoms with Crippen LogP contribution in [0.3, 0.4) is 0 Å². The summed E-state index contributed by atoms with van der Waals surface area (Å²) in [7, 11) is -3.55. The molecule has 1 heterocycles. The van der Waals surface area contributed by atoms with Gasteiger partial charge in [0.1, 0.15) is 5.25 Å². The molecule has 0 fully saturated rings. The molecule has 15 heavy (non-hydrogen) atoms. The highest BCUT2D eigenvalue weighted by Crippen LogP contribution is 2.25. The minimum absolute atomic E-state index is 0.696. The van der Waals surface area contributed by atoms with E-state index in [1.807, 2.05) is 13.8 Å². The number of nitrogens with zero attached hydrogens (tertiary/aromatic N) is 2. The van der Waals surface area contributed by atoms with Gasteiger partial charge in [0.05, 0.1) is 5.69 Å². The standard InChI is InChI=1S/C9H17N3O2S/c1-5-12-7(3)9(6(2)11-12)8(4)15(10,13)14/h8H,5H2,1-4H3,(H2,10,13,14). The molecule has 0 aliphatic carbocycles. The molecule has 86 valence electrons. The summed E-state index contributed by atoms with van der Waals surface area (Å²) in [5.74, 6) is 0. The quantitative estimate of drug-likeness (QED) is 0.838. The SMILES string of the molecule is CCn1nc(C)c(C(C)S(N)(=O)=O)c1C. The zero-order valence-corrected chi connectivity index (χ0v) is 10.3. The minimum Gasteiger partial charge on any atom is -0.270 e. The second-order valence-corrected chi connectivity index (χ2v) is 5.52. The highest BCUT2D eigenvalue weighted by Gasteiger charge is 2.24. The Bertz CT molecular complexity index is 462. The Kier molecular flexibility index (Phi) is 3.20. The van der Waals surface area contributed by atoms with E-state index in [4.69, 9.17) is 5.14 Å². The third kappa shape index (κ3) is 2.21. The van der Waals surface area contributed by atoms with Crippen LogP contribution in [0.2, 0.25) is 0 Å². The van der Waals surface area contributed by atoms with Gasteiger partial charge in [-0.1, -0.05) is 0 Å². The molecule has 0 aliphatic rings. The minimum atomic E-state index is -3.55. The molecule has 0 saturated carbocycles. The number of primary sulfonamides is 1. The highest BCUT2D eigenvalue weighted by atomic mass is 32.2. The fourth-order valence-electron chi connectivity index (χ4n) is 1.77. The van der Waals surface area contributed by atoms with Crippen LogP contribution < -0.4 is 5.14 Å². The van der Waals surface area contributed by atoms with Crippen LogP contribution in [0.1, 0.15) is 36.0 Å². The van der Waals surface area contributed by atoms with Crippen molar-refractivity contribution in [2.45, 2.75) is 39.5 Å². The largest absolute Gasteiger partial charge is 0.270 e. The van der Waals surface area contributed by atoms with Crippen LogP contribution in [0, 0.1) is 13.8 Å². The molecule has 1 rings (SSSR count). The van der Waals surface area contributed by atoms with Crippen molar-refractivity contribution < 1.29 is 8.42 Å². The lowest BCUT2D eigenvalue weighted by Crippen LogP contribution is -2.20. The molecule has 1 atom stereocenters. The summed E-state index contributed by atoms with van der Waals surface area (Å²) in [5.41, 5.74) is 2.33. The van der Waals surface area contributed by atoms with Gasteiger partial charge in [0.15, 0.2) is 0 Å². The van der Waals surface area contributed by atoms with E-state index in [-0.39, 0.29) is 0 Å². The van der Waals surface area contributed by atoms with Crippen LogP contribution in [-0.4, -0.2) is 18.2 Å². The van der Waals surface area contributed by atoms with Gasteiger partial charge in [-0.25, -0.2) is 13.6 Å². The average molecular weight is 231 g/mol. The molecule has 0 amide bonds. The number of hydrogen-bond donors (Lipinski definition) is 1. The van der Waals surface area contributed by atoms with E-state index in [2.05, 4.69) is 5.10 Å². The van der Waals surface area contributed by atoms with Crippen LogP contribution in [0.15, 0.2) is 0 Å². The topological polar surface area (TPSA) is 78.0 Å². The van der Waals surface area contributed by atoms with Crippen LogP contribution in [0.25, 0.3) is 0 Å². The second-order valence-electron chi connectivity index (χ2n) is 3.63. The smallest absolute Gasteiger partial charge is 0.216 e. The predicted octanol–water partition coefficient (Wildman–Crippen LogP) is 0.869. The van der Waals surface area contributed by atoms with Gasteiger partial charge >= 0.3 is 0 Å². The molecule has 0 aliphatic heterocycles. The first kappa shape index (κ1) is 12.2. The van der Waals surface area contributed by atoms with Crippen molar-refractivity contribution in [3.05, 3.63) is 17.0 Å². The zero-order chi connectivity index (χ0) is 11.8. The number of nitrogens with two attached hydrogens (primary N) is 1. The molecule has 0 bridgehead atoms. The third-order valence-corrected chi connectivity index (χ3v) is 3.86. The van der Waals surface area contributed by atoms with Crippen molar-refractivity contribution in [1.29, 1.82) is 0 Å². The lowest BCUT2D eigenvalue weighted by atomic mass is 10.1. The first-order chi connectivity index (χ1) is 6.79. The number of rotatable bonds is 3. The summed E-state index contributed by atoms with van der Waals surface area (Å²) >= 11 is 0. The molecule has 0 saturated heterocycles. The van der Waals surface area contributed by atoms with E-state index in [0.29, 0.717) is 0 Å². The Balaban J connectivity index is 3.32. The summed E-state index contributed by atoms with van der Waals surface area (Å²) in [6.45, 7) is 7.94. The number of hydrogen-bond acceptors (Lipinski definition) is 3. The summed E-state index contributed by atoms with van der Waals surface area (Å²) in [6, 6.07) is 0. The summed E-state index contributed by atoms with van der Waals surface area (Å²) in [4.78, 5) is 0. The fourth-order valence-corrected chi connectivity index (χ4v) is 2.44. The van der Waals surface area contributed by atoms with Gasteiger partial charge in [0, 0.05) is 17.8 Å². The van der Waals surface area contributed by atoms with Crippen molar-refractivity contribution in [3.63, 3.8) is 0 Å². The molecule has 2 N–H and O–H groups in total. The monoisotopic (exact) mass is 231 g/mol. The molecular weight excluding hydrogens is 214 g/mol. The highest BCUT2D eigenvalue weighted by molar-refractivity contribution is 7.89. The lowest BCUT2D eigenvalue weighted by molar-refractivity contribution is 0.587. The maximum Gasteiger partial charge on any atom is 0.216 e. The van der Waals surface area contributed by atoms with Crippen molar-refractivity contribution in [3.8, 4) is 0 Å². The van der Waals surface area contributed by atoms with Gasteiger partial charge in [-0.15, -0.1) is 0 Å². The first-order valence-electron chi connectivity index (χ1n) is 4.84. The summed E-state index contributed by atoms with van der Waals surface area (Å²) in [6.07, 6.45) is 0. The number of aromatic nitrogens is 2. The Morgan fingerprint density at radius 1 is 1.47 bits per heavy atom. The summed E-state index contributed by atoms with van der Waals surface area (Å²) in [5, 5.41) is 8.70. The van der Waals surface area contributed by atoms with E-state index in [1.54, 1.807) is 18.5 Å². The molecule has 5 nitrogen and oxygen atoms in total. The molecule has 1 aromatic rings. The number of sulfonamides is 1. The van der Waals surface area contributed by atoms with Gasteiger partial charge in [0.2, 0.25) is 10.0 Å². The van der Waals surface area contributed by atoms with Crippen LogP contribution in [-0.2, 0) is 16.6 Å². The number of aryl methyl sites for hydroxylation is 2. The van der Waals surface area contributed by atoms with E-state index in [0.717, 1.165) is 23.5 Å². The van der Waals surface area contributed by atoms with Crippen LogP contribution in [0.5, 0.6) is 0 Å². The molecule has 6 heteroatoms. The normalized spacial score (nSPS) is 14.2. The van der Waals surface area contributed by atoms with Gasteiger partial charge in [0.25, 0.3) is 0 Å². The zero-order valence-electron chi connectivity index (χ0n) is 9.48. The molecule has 0 aromatic carbocycles. The van der Waals surface area contributed by atoms with Crippen LogP contribution >= 0.6 is 0 Å². The maximum atomic E-state index is 11.3. The van der Waals surface area contributed by atoms with Gasteiger partial charge in [-0.2, -0.15) is 5.10 Å². The Morgan fingerprint density at radius 3 is 2.33 bits per heavy atom. The molecule has 1 aromatic heterocycles.